The van der Waals surface area contributed by atoms with Gasteiger partial charge in [-0.15, -0.1) is 0 Å². The summed E-state index contributed by atoms with van der Waals surface area (Å²) < 4.78 is 11.2. The average molecular weight is 768 g/mol. The largest absolute Gasteiger partial charge is 0.449 e. The molecule has 0 saturated carbocycles. The molecule has 0 saturated heterocycles. The Hall–Kier alpha value is -7.26. The van der Waals surface area contributed by atoms with Crippen LogP contribution >= 0.6 is 0 Å². The summed E-state index contributed by atoms with van der Waals surface area (Å²) in [4.78, 5) is 54.1. The van der Waals surface area contributed by atoms with E-state index in [0.29, 0.717) is 11.3 Å². The fourth-order valence-electron chi connectivity index (χ4n) is 8.01. The lowest BCUT2D eigenvalue weighted by Gasteiger charge is -2.37. The van der Waals surface area contributed by atoms with E-state index in [0.717, 1.165) is 49.9 Å². The van der Waals surface area contributed by atoms with E-state index >= 15 is 0 Å². The minimum Gasteiger partial charge on any atom is -0.449 e. The summed E-state index contributed by atoms with van der Waals surface area (Å²) in [5.41, 5.74) is 6.68. The normalized spacial score (nSPS) is 12.6. The smallest absolute Gasteiger partial charge is 0.407 e. The number of benzene rings is 6. The van der Waals surface area contributed by atoms with Crippen molar-refractivity contribution in [1.82, 2.24) is 10.6 Å². The molecule has 1 aliphatic carbocycles. The van der Waals surface area contributed by atoms with Crippen LogP contribution in [0.25, 0.3) is 22.1 Å². The lowest BCUT2D eigenvalue weighted by molar-refractivity contribution is -0.123. The maximum absolute atomic E-state index is 14.3. The van der Waals surface area contributed by atoms with Gasteiger partial charge >= 0.3 is 11.7 Å². The van der Waals surface area contributed by atoms with Gasteiger partial charge in [-0.3, -0.25) is 9.59 Å². The first-order valence-electron chi connectivity index (χ1n) is 19.2. The quantitative estimate of drug-likeness (QED) is 0.0843. The Morgan fingerprint density at radius 3 is 1.79 bits per heavy atom. The Kier molecular flexibility index (Phi) is 10.7. The predicted molar refractivity (Wildman–Crippen MR) is 224 cm³/mol. The molecule has 0 aliphatic heterocycles. The second kappa shape index (κ2) is 16.5. The van der Waals surface area contributed by atoms with Crippen LogP contribution in [0, 0.1) is 6.92 Å². The number of ether oxygens (including phenoxy) is 1. The third-order valence-electron chi connectivity index (χ3n) is 10.8. The number of fused-ring (bicyclic) bond motifs is 4. The Morgan fingerprint density at radius 1 is 0.690 bits per heavy atom. The first-order chi connectivity index (χ1) is 28.3. The number of hydrogen-bond donors (Lipinski definition) is 3. The summed E-state index contributed by atoms with van der Waals surface area (Å²) in [7, 11) is 0. The van der Waals surface area contributed by atoms with E-state index in [9.17, 15) is 19.2 Å². The number of anilines is 1. The highest BCUT2D eigenvalue weighted by Crippen LogP contribution is 2.44. The number of amides is 3. The van der Waals surface area contributed by atoms with Gasteiger partial charge in [0.1, 0.15) is 23.8 Å². The zero-order valence-corrected chi connectivity index (χ0v) is 31.8. The van der Waals surface area contributed by atoms with Crippen LogP contribution in [0.4, 0.5) is 10.5 Å². The number of alkyl carbamates (subject to hydrolysis) is 1. The van der Waals surface area contributed by atoms with E-state index in [4.69, 9.17) is 9.15 Å². The second-order valence-corrected chi connectivity index (χ2v) is 14.4. The molecule has 0 spiro atoms. The molecular formula is C49H41N3O6. The number of carbonyl (C=O) groups excluding carboxylic acids is 3. The summed E-state index contributed by atoms with van der Waals surface area (Å²) >= 11 is 0. The molecule has 3 N–H and O–H groups in total. The summed E-state index contributed by atoms with van der Waals surface area (Å²) in [5.74, 6) is -1.10. The van der Waals surface area contributed by atoms with Crippen LogP contribution in [0.5, 0.6) is 0 Å². The van der Waals surface area contributed by atoms with Gasteiger partial charge in [0.2, 0.25) is 11.8 Å². The predicted octanol–water partition coefficient (Wildman–Crippen LogP) is 8.84. The fourth-order valence-corrected chi connectivity index (χ4v) is 8.01. The number of rotatable bonds is 12. The Bertz CT molecular complexity index is 2520. The van der Waals surface area contributed by atoms with Crippen LogP contribution in [0.15, 0.2) is 173 Å². The summed E-state index contributed by atoms with van der Waals surface area (Å²) in [6.07, 6.45) is -0.977. The molecule has 1 aromatic heterocycles. The van der Waals surface area contributed by atoms with Gasteiger partial charge in [-0.1, -0.05) is 140 Å². The Morgan fingerprint density at radius 2 is 1.22 bits per heavy atom. The van der Waals surface area contributed by atoms with Crippen molar-refractivity contribution in [3.05, 3.63) is 208 Å². The van der Waals surface area contributed by atoms with Crippen molar-refractivity contribution in [1.29, 1.82) is 0 Å². The first kappa shape index (κ1) is 37.7. The maximum atomic E-state index is 14.3. The highest BCUT2D eigenvalue weighted by molar-refractivity contribution is 5.98. The topological polar surface area (TPSA) is 127 Å². The number of nitrogens with one attached hydrogen (secondary N) is 3. The zero-order valence-electron chi connectivity index (χ0n) is 31.8. The third-order valence-corrected chi connectivity index (χ3v) is 10.8. The monoisotopic (exact) mass is 767 g/mol. The molecular weight excluding hydrogens is 727 g/mol. The summed E-state index contributed by atoms with van der Waals surface area (Å²) in [6.45, 7) is 1.85. The van der Waals surface area contributed by atoms with E-state index in [1.165, 1.54) is 6.07 Å². The molecule has 7 aromatic rings. The molecule has 0 radical (unpaired) electrons. The molecule has 1 aliphatic rings. The second-order valence-electron chi connectivity index (χ2n) is 14.4. The van der Waals surface area contributed by atoms with Gasteiger partial charge in [0.15, 0.2) is 0 Å². The van der Waals surface area contributed by atoms with Crippen LogP contribution in [-0.4, -0.2) is 30.6 Å². The van der Waals surface area contributed by atoms with Gasteiger partial charge < -0.3 is 25.1 Å². The van der Waals surface area contributed by atoms with Gasteiger partial charge in [0.25, 0.3) is 0 Å². The third kappa shape index (κ3) is 7.62. The van der Waals surface area contributed by atoms with Crippen molar-refractivity contribution in [2.75, 3.05) is 11.9 Å². The Balaban J connectivity index is 1.05. The van der Waals surface area contributed by atoms with Crippen LogP contribution in [0.3, 0.4) is 0 Å². The standard InChI is InChI=1S/C49H41N3O6/c1-32-29-46(54)58-44-30-36(25-26-37(32)44)50-47(55)43(51-48(56)57-31-42-40-23-13-11-21-38(40)39-22-12-14-24-41(39)42)27-28-45(53)52-49(33-15-5-2-6-16-33,34-17-7-3-8-18-34)35-19-9-4-10-20-35/h2-26,29-30,42-43H,27-28,31H2,1H3,(H,50,55)(H,51,56)(H,52,53)/t43-/m0/s1. The Labute approximate surface area is 335 Å². The molecule has 3 amide bonds. The van der Waals surface area contributed by atoms with E-state index in [-0.39, 0.29) is 31.3 Å². The molecule has 1 heterocycles. The average Bonchev–Trinajstić information content (AvgIpc) is 3.57. The van der Waals surface area contributed by atoms with Gasteiger partial charge in [-0.2, -0.15) is 0 Å². The summed E-state index contributed by atoms with van der Waals surface area (Å²) in [5, 5.41) is 9.65. The van der Waals surface area contributed by atoms with Crippen molar-refractivity contribution in [2.45, 2.75) is 37.3 Å². The fraction of sp³-hybridized carbons (Fsp3) is 0.143. The molecule has 0 bridgehead atoms. The van der Waals surface area contributed by atoms with Crippen molar-refractivity contribution in [3.63, 3.8) is 0 Å². The number of aryl methyl sites for hydroxylation is 1. The van der Waals surface area contributed by atoms with Gasteiger partial charge in [0, 0.05) is 35.5 Å². The SMILES string of the molecule is Cc1cc(=O)oc2cc(NC(=O)[C@H](CCC(=O)NC(c3ccccc3)(c3ccccc3)c3ccccc3)NC(=O)OCC3c4ccccc4-c4ccccc43)ccc12. The van der Waals surface area contributed by atoms with Crippen molar-refractivity contribution in [3.8, 4) is 11.1 Å². The maximum Gasteiger partial charge on any atom is 0.407 e. The van der Waals surface area contributed by atoms with Gasteiger partial charge in [0.05, 0.1) is 0 Å². The van der Waals surface area contributed by atoms with Crippen molar-refractivity contribution < 1.29 is 23.5 Å². The molecule has 58 heavy (non-hydrogen) atoms. The molecule has 9 heteroatoms. The molecule has 288 valence electrons. The van der Waals surface area contributed by atoms with E-state index < -0.39 is 29.2 Å². The van der Waals surface area contributed by atoms with E-state index in [1.807, 2.05) is 127 Å². The van der Waals surface area contributed by atoms with Crippen molar-refractivity contribution >= 4 is 34.6 Å². The van der Waals surface area contributed by atoms with Gasteiger partial charge in [-0.25, -0.2) is 9.59 Å². The van der Waals surface area contributed by atoms with Gasteiger partial charge in [-0.05, 0) is 70.0 Å². The van der Waals surface area contributed by atoms with Crippen LogP contribution < -0.4 is 21.6 Å². The highest BCUT2D eigenvalue weighted by atomic mass is 16.5. The molecule has 9 nitrogen and oxygen atoms in total. The van der Waals surface area contributed by atoms with E-state index in [2.05, 4.69) is 28.1 Å². The minimum absolute atomic E-state index is 0.0471. The molecule has 6 aromatic carbocycles. The number of hydrogen-bond acceptors (Lipinski definition) is 6. The molecule has 1 atom stereocenters. The lowest BCUT2D eigenvalue weighted by atomic mass is 9.77. The van der Waals surface area contributed by atoms with Crippen LogP contribution in [0.1, 0.15) is 52.1 Å². The van der Waals surface area contributed by atoms with E-state index in [1.54, 1.807) is 25.1 Å². The zero-order chi connectivity index (χ0) is 40.1. The summed E-state index contributed by atoms with van der Waals surface area (Å²) in [6, 6.07) is 50.5. The highest BCUT2D eigenvalue weighted by Gasteiger charge is 2.38. The molecule has 0 unspecified atom stereocenters. The first-order valence-corrected chi connectivity index (χ1v) is 19.2. The van der Waals surface area contributed by atoms with Crippen molar-refractivity contribution in [2.24, 2.45) is 0 Å². The number of carbonyl (C=O) groups is 3. The molecule has 8 rings (SSSR count). The minimum atomic E-state index is -1.18. The lowest BCUT2D eigenvalue weighted by Crippen LogP contribution is -2.49. The molecule has 0 fully saturated rings. The van der Waals surface area contributed by atoms with Crippen LogP contribution in [-0.2, 0) is 19.9 Å². The van der Waals surface area contributed by atoms with Crippen LogP contribution in [0.2, 0.25) is 0 Å².